The van der Waals surface area contributed by atoms with Crippen molar-refractivity contribution in [2.24, 2.45) is 5.92 Å². The molecule has 0 N–H and O–H groups in total. The molecule has 3 rings (SSSR count). The molecular formula is C23H28N2O5. The van der Waals surface area contributed by atoms with Crippen LogP contribution in [0, 0.1) is 5.92 Å². The highest BCUT2D eigenvalue weighted by Crippen LogP contribution is 2.26. The van der Waals surface area contributed by atoms with Gasteiger partial charge >= 0.3 is 12.1 Å². The average Bonchev–Trinajstić information content (AvgIpc) is 2.72. The van der Waals surface area contributed by atoms with E-state index in [4.69, 9.17) is 14.2 Å². The van der Waals surface area contributed by atoms with E-state index in [2.05, 4.69) is 4.98 Å². The lowest BCUT2D eigenvalue weighted by molar-refractivity contribution is -0.151. The number of para-hydroxylation sites is 1. The van der Waals surface area contributed by atoms with E-state index in [1.807, 2.05) is 51.1 Å². The van der Waals surface area contributed by atoms with Crippen molar-refractivity contribution in [1.82, 2.24) is 9.88 Å². The lowest BCUT2D eigenvalue weighted by Crippen LogP contribution is -2.43. The van der Waals surface area contributed by atoms with Crippen LogP contribution in [0.25, 0.3) is 0 Å². The summed E-state index contributed by atoms with van der Waals surface area (Å²) in [6.07, 6.45) is 4.09. The standard InChI is InChI=1S/C23H28N2O5/c1-23(2,3)30-22(27)25-13-10-17(11-14-25)21(26)28-16-18-7-4-5-9-20(18)29-19-8-6-12-24-15-19/h4-9,12,15,17H,10-11,13-14,16H2,1-3H3. The second kappa shape index (κ2) is 9.61. The average molecular weight is 412 g/mol. The van der Waals surface area contributed by atoms with Gasteiger partial charge in [0, 0.05) is 24.8 Å². The van der Waals surface area contributed by atoms with Crippen LogP contribution in [0.1, 0.15) is 39.2 Å². The fourth-order valence-corrected chi connectivity index (χ4v) is 3.15. The number of piperidine rings is 1. The zero-order valence-corrected chi connectivity index (χ0v) is 17.7. The molecule has 1 aliphatic rings. The maximum atomic E-state index is 12.5. The van der Waals surface area contributed by atoms with Gasteiger partial charge in [-0.2, -0.15) is 0 Å². The molecule has 160 valence electrons. The van der Waals surface area contributed by atoms with Crippen LogP contribution in [0.3, 0.4) is 0 Å². The van der Waals surface area contributed by atoms with Crippen LogP contribution in [-0.4, -0.2) is 40.6 Å². The molecule has 1 aliphatic heterocycles. The molecule has 0 unspecified atom stereocenters. The Hall–Kier alpha value is -3.09. The number of benzene rings is 1. The molecule has 0 saturated carbocycles. The minimum absolute atomic E-state index is 0.127. The molecule has 2 heterocycles. The highest BCUT2D eigenvalue weighted by Gasteiger charge is 2.30. The third kappa shape index (κ3) is 6.20. The fraction of sp³-hybridized carbons (Fsp3) is 0.435. The summed E-state index contributed by atoms with van der Waals surface area (Å²) < 4.78 is 16.8. The molecule has 1 saturated heterocycles. The second-order valence-electron chi connectivity index (χ2n) is 8.25. The maximum absolute atomic E-state index is 12.5. The van der Waals surface area contributed by atoms with Crippen LogP contribution in [-0.2, 0) is 20.9 Å². The van der Waals surface area contributed by atoms with Gasteiger partial charge in [0.25, 0.3) is 0 Å². The number of nitrogens with zero attached hydrogens (tertiary/aromatic N) is 2. The van der Waals surface area contributed by atoms with Gasteiger partial charge in [0.15, 0.2) is 0 Å². The zero-order valence-electron chi connectivity index (χ0n) is 17.7. The normalized spacial score (nSPS) is 14.8. The number of esters is 1. The number of hydrogen-bond donors (Lipinski definition) is 0. The summed E-state index contributed by atoms with van der Waals surface area (Å²) in [5, 5.41) is 0. The van der Waals surface area contributed by atoms with Crippen LogP contribution in [0.4, 0.5) is 4.79 Å². The highest BCUT2D eigenvalue weighted by atomic mass is 16.6. The minimum Gasteiger partial charge on any atom is -0.460 e. The van der Waals surface area contributed by atoms with Gasteiger partial charge in [-0.25, -0.2) is 4.79 Å². The number of pyridine rings is 1. The minimum atomic E-state index is -0.530. The Morgan fingerprint density at radius 2 is 1.83 bits per heavy atom. The Morgan fingerprint density at radius 3 is 2.50 bits per heavy atom. The molecule has 1 aromatic carbocycles. The van der Waals surface area contributed by atoms with Crippen molar-refractivity contribution in [3.8, 4) is 11.5 Å². The predicted octanol–water partition coefficient (Wildman–Crippen LogP) is 4.56. The van der Waals surface area contributed by atoms with Gasteiger partial charge in [0.1, 0.15) is 23.7 Å². The van der Waals surface area contributed by atoms with Gasteiger partial charge in [-0.15, -0.1) is 0 Å². The smallest absolute Gasteiger partial charge is 0.410 e. The molecule has 0 aliphatic carbocycles. The van der Waals surface area contributed by atoms with E-state index < -0.39 is 5.60 Å². The summed E-state index contributed by atoms with van der Waals surface area (Å²) in [6.45, 7) is 6.60. The van der Waals surface area contributed by atoms with Crippen LogP contribution in [0.15, 0.2) is 48.8 Å². The van der Waals surface area contributed by atoms with Crippen molar-refractivity contribution in [3.63, 3.8) is 0 Å². The van der Waals surface area contributed by atoms with Gasteiger partial charge < -0.3 is 19.1 Å². The number of carbonyl (C=O) groups excluding carboxylic acids is 2. The quantitative estimate of drug-likeness (QED) is 0.670. The first-order chi connectivity index (χ1) is 14.3. The maximum Gasteiger partial charge on any atom is 0.410 e. The number of aromatic nitrogens is 1. The number of ether oxygens (including phenoxy) is 3. The van der Waals surface area contributed by atoms with Crippen molar-refractivity contribution in [2.45, 2.75) is 45.8 Å². The van der Waals surface area contributed by atoms with Gasteiger partial charge in [-0.1, -0.05) is 18.2 Å². The van der Waals surface area contributed by atoms with Crippen LogP contribution in [0.5, 0.6) is 11.5 Å². The monoisotopic (exact) mass is 412 g/mol. The molecule has 0 atom stereocenters. The number of likely N-dealkylation sites (tertiary alicyclic amines) is 1. The van der Waals surface area contributed by atoms with Crippen molar-refractivity contribution in [1.29, 1.82) is 0 Å². The van der Waals surface area contributed by atoms with E-state index in [1.165, 1.54) is 0 Å². The molecule has 30 heavy (non-hydrogen) atoms. The summed E-state index contributed by atoms with van der Waals surface area (Å²) in [6, 6.07) is 11.0. The molecule has 7 heteroatoms. The van der Waals surface area contributed by atoms with E-state index in [1.54, 1.807) is 23.4 Å². The van der Waals surface area contributed by atoms with Crippen molar-refractivity contribution < 1.29 is 23.8 Å². The molecule has 0 spiro atoms. The largest absolute Gasteiger partial charge is 0.460 e. The van der Waals surface area contributed by atoms with Gasteiger partial charge in [-0.05, 0) is 51.8 Å². The number of hydrogen-bond acceptors (Lipinski definition) is 6. The third-order valence-electron chi connectivity index (χ3n) is 4.68. The Labute approximate surface area is 177 Å². The molecule has 1 fully saturated rings. The van der Waals surface area contributed by atoms with E-state index in [0.29, 0.717) is 37.4 Å². The summed E-state index contributed by atoms with van der Waals surface area (Å²) in [4.78, 5) is 30.4. The Balaban J connectivity index is 1.50. The Kier molecular flexibility index (Phi) is 6.92. The van der Waals surface area contributed by atoms with E-state index in [0.717, 1.165) is 5.56 Å². The lowest BCUT2D eigenvalue weighted by Gasteiger charge is -2.32. The summed E-state index contributed by atoms with van der Waals surface area (Å²) >= 11 is 0. The van der Waals surface area contributed by atoms with Crippen molar-refractivity contribution >= 4 is 12.1 Å². The first-order valence-corrected chi connectivity index (χ1v) is 10.1. The molecule has 7 nitrogen and oxygen atoms in total. The number of amides is 1. The summed E-state index contributed by atoms with van der Waals surface area (Å²) in [5.74, 6) is 0.758. The van der Waals surface area contributed by atoms with Crippen molar-refractivity contribution in [2.75, 3.05) is 13.1 Å². The van der Waals surface area contributed by atoms with Crippen LogP contribution < -0.4 is 4.74 Å². The van der Waals surface area contributed by atoms with Gasteiger partial charge in [0.2, 0.25) is 0 Å². The SMILES string of the molecule is CC(C)(C)OC(=O)N1CCC(C(=O)OCc2ccccc2Oc2cccnc2)CC1. The fourth-order valence-electron chi connectivity index (χ4n) is 3.15. The Morgan fingerprint density at radius 1 is 1.10 bits per heavy atom. The van der Waals surface area contributed by atoms with Crippen molar-refractivity contribution in [3.05, 3.63) is 54.4 Å². The summed E-state index contributed by atoms with van der Waals surface area (Å²) in [7, 11) is 0. The molecule has 0 bridgehead atoms. The Bertz CT molecular complexity index is 855. The van der Waals surface area contributed by atoms with Crippen LogP contribution in [0.2, 0.25) is 0 Å². The van der Waals surface area contributed by atoms with E-state index >= 15 is 0 Å². The third-order valence-corrected chi connectivity index (χ3v) is 4.68. The number of carbonyl (C=O) groups is 2. The van der Waals surface area contributed by atoms with Gasteiger partial charge in [-0.3, -0.25) is 9.78 Å². The van der Waals surface area contributed by atoms with E-state index in [-0.39, 0.29) is 24.6 Å². The van der Waals surface area contributed by atoms with Gasteiger partial charge in [0.05, 0.1) is 12.1 Å². The van der Waals surface area contributed by atoms with Crippen LogP contribution >= 0.6 is 0 Å². The predicted molar refractivity (Wildman–Crippen MR) is 111 cm³/mol. The molecule has 1 aromatic heterocycles. The molecule has 0 radical (unpaired) electrons. The summed E-state index contributed by atoms with van der Waals surface area (Å²) in [5.41, 5.74) is 0.249. The highest BCUT2D eigenvalue weighted by molar-refractivity contribution is 5.73. The molecular weight excluding hydrogens is 384 g/mol. The molecule has 1 amide bonds. The zero-order chi connectivity index (χ0) is 21.6. The van der Waals surface area contributed by atoms with E-state index in [9.17, 15) is 9.59 Å². The first-order valence-electron chi connectivity index (χ1n) is 10.1. The second-order valence-corrected chi connectivity index (χ2v) is 8.25. The number of rotatable bonds is 5. The first kappa shape index (κ1) is 21.6. The molecule has 2 aromatic rings. The lowest BCUT2D eigenvalue weighted by atomic mass is 9.97. The topological polar surface area (TPSA) is 78.0 Å².